The molecule has 0 aliphatic carbocycles. The second-order valence-electron chi connectivity index (χ2n) is 10.2. The summed E-state index contributed by atoms with van der Waals surface area (Å²) in [5.74, 6) is -0.745. The first-order chi connectivity index (χ1) is 19.2. The Kier molecular flexibility index (Phi) is 9.63. The van der Waals surface area contributed by atoms with E-state index in [1.54, 1.807) is 43.5 Å². The topological polar surface area (TPSA) is 102 Å². The molecule has 1 saturated heterocycles. The molecule has 3 unspecified atom stereocenters. The molecule has 1 fully saturated rings. The summed E-state index contributed by atoms with van der Waals surface area (Å²) in [5, 5.41) is 3.04. The van der Waals surface area contributed by atoms with Crippen molar-refractivity contribution in [3.05, 3.63) is 77.4 Å². The minimum absolute atomic E-state index is 0.0258. The van der Waals surface area contributed by atoms with Crippen LogP contribution in [-0.4, -0.2) is 63.0 Å². The van der Waals surface area contributed by atoms with Gasteiger partial charge >= 0.3 is 5.97 Å². The number of hydrogen-bond acceptors (Lipinski definition) is 8. The fourth-order valence-corrected chi connectivity index (χ4v) is 4.75. The summed E-state index contributed by atoms with van der Waals surface area (Å²) in [6.45, 7) is 5.54. The first-order valence-corrected chi connectivity index (χ1v) is 13.3. The van der Waals surface area contributed by atoms with Gasteiger partial charge in [0, 0.05) is 19.2 Å². The lowest BCUT2D eigenvalue weighted by Crippen LogP contribution is -2.38. The number of hydrogen-bond donors (Lipinski definition) is 1. The molecule has 2 aliphatic rings. The highest BCUT2D eigenvalue weighted by Gasteiger charge is 2.45. The van der Waals surface area contributed by atoms with E-state index in [-0.39, 0.29) is 18.7 Å². The molecule has 2 aromatic carbocycles. The number of ether oxygens (including phenoxy) is 6. The Morgan fingerprint density at radius 1 is 1.07 bits per heavy atom. The zero-order valence-corrected chi connectivity index (χ0v) is 23.5. The molecule has 0 spiro atoms. The highest BCUT2D eigenvalue weighted by Crippen LogP contribution is 2.35. The smallest absolute Gasteiger partial charge is 0.338 e. The van der Waals surface area contributed by atoms with Gasteiger partial charge in [0.15, 0.2) is 12.6 Å². The number of amides is 1. The molecular formula is C31H37NO8. The molecule has 9 nitrogen and oxygen atoms in total. The van der Waals surface area contributed by atoms with Crippen molar-refractivity contribution in [1.29, 1.82) is 0 Å². The quantitative estimate of drug-likeness (QED) is 0.307. The predicted molar refractivity (Wildman–Crippen MR) is 149 cm³/mol. The highest BCUT2D eigenvalue weighted by atomic mass is 16.8. The summed E-state index contributed by atoms with van der Waals surface area (Å²) in [6.07, 6.45) is 6.68. The first kappa shape index (κ1) is 29.3. The second-order valence-corrected chi connectivity index (χ2v) is 10.2. The molecule has 4 atom stereocenters. The summed E-state index contributed by atoms with van der Waals surface area (Å²) in [7, 11) is 3.07. The molecule has 0 aromatic heterocycles. The molecular weight excluding hydrogens is 514 g/mol. The van der Waals surface area contributed by atoms with Crippen molar-refractivity contribution in [2.45, 2.75) is 63.8 Å². The second kappa shape index (κ2) is 13.1. The van der Waals surface area contributed by atoms with Crippen LogP contribution in [0.2, 0.25) is 0 Å². The maximum atomic E-state index is 13.5. The Morgan fingerprint density at radius 3 is 2.58 bits per heavy atom. The monoisotopic (exact) mass is 551 g/mol. The minimum Gasteiger partial charge on any atom is -0.497 e. The van der Waals surface area contributed by atoms with Gasteiger partial charge in [0.2, 0.25) is 0 Å². The van der Waals surface area contributed by atoms with Gasteiger partial charge in [0.05, 0.1) is 24.3 Å². The fourth-order valence-electron chi connectivity index (χ4n) is 4.75. The molecule has 0 bridgehead atoms. The van der Waals surface area contributed by atoms with E-state index < -0.39 is 30.1 Å². The molecule has 1 amide bonds. The molecule has 1 N–H and O–H groups in total. The van der Waals surface area contributed by atoms with Crippen LogP contribution in [0.4, 0.5) is 0 Å². The van der Waals surface area contributed by atoms with Crippen molar-refractivity contribution < 1.29 is 38.0 Å². The van der Waals surface area contributed by atoms with E-state index in [1.807, 2.05) is 51.1 Å². The van der Waals surface area contributed by atoms with E-state index in [0.29, 0.717) is 41.0 Å². The lowest BCUT2D eigenvalue weighted by atomic mass is 10.00. The van der Waals surface area contributed by atoms with Crippen LogP contribution in [0.3, 0.4) is 0 Å². The molecule has 0 saturated carbocycles. The van der Waals surface area contributed by atoms with Gasteiger partial charge in [-0.3, -0.25) is 4.79 Å². The highest BCUT2D eigenvalue weighted by molar-refractivity contribution is 6.01. The van der Waals surface area contributed by atoms with E-state index in [2.05, 4.69) is 5.32 Å². The number of fused-ring (bicyclic) bond motifs is 2. The average molecular weight is 552 g/mol. The lowest BCUT2D eigenvalue weighted by molar-refractivity contribution is -0.152. The minimum atomic E-state index is -0.879. The van der Waals surface area contributed by atoms with Crippen molar-refractivity contribution in [2.24, 2.45) is 0 Å². The molecule has 2 aliphatic heterocycles. The molecule has 2 aromatic rings. The van der Waals surface area contributed by atoms with Crippen LogP contribution >= 0.6 is 0 Å². The summed E-state index contributed by atoms with van der Waals surface area (Å²) in [5.41, 5.74) is 1.43. The van der Waals surface area contributed by atoms with Gasteiger partial charge < -0.3 is 33.7 Å². The lowest BCUT2D eigenvalue weighted by Gasteiger charge is -2.25. The molecule has 9 heteroatoms. The average Bonchev–Trinajstić information content (AvgIpc) is 3.24. The SMILES string of the molecule is COCOc1cc(OC)cc2c1C(=O)NC(C)CC=CC(OC(=O)c1ccccc1)C1OC(C)(C)O[C@H]1CC=C2. The van der Waals surface area contributed by atoms with Gasteiger partial charge in [-0.15, -0.1) is 0 Å². The van der Waals surface area contributed by atoms with E-state index in [1.165, 1.54) is 7.11 Å². The fraction of sp³-hybridized carbons (Fsp3) is 0.419. The zero-order chi connectivity index (χ0) is 28.7. The van der Waals surface area contributed by atoms with Crippen LogP contribution < -0.4 is 14.8 Å². The van der Waals surface area contributed by atoms with Gasteiger partial charge in [-0.2, -0.15) is 0 Å². The number of nitrogens with one attached hydrogen (secondary N) is 1. The van der Waals surface area contributed by atoms with Crippen LogP contribution in [-0.2, 0) is 18.9 Å². The third-order valence-corrected chi connectivity index (χ3v) is 6.56. The van der Waals surface area contributed by atoms with Crippen LogP contribution in [0.15, 0.2) is 60.7 Å². The maximum Gasteiger partial charge on any atom is 0.338 e. The molecule has 4 rings (SSSR count). The van der Waals surface area contributed by atoms with Crippen molar-refractivity contribution in [3.8, 4) is 11.5 Å². The molecule has 40 heavy (non-hydrogen) atoms. The summed E-state index contributed by atoms with van der Waals surface area (Å²) in [4.78, 5) is 26.5. The molecule has 2 heterocycles. The molecule has 0 radical (unpaired) electrons. The zero-order valence-electron chi connectivity index (χ0n) is 23.5. The Morgan fingerprint density at radius 2 is 1.85 bits per heavy atom. The van der Waals surface area contributed by atoms with Crippen LogP contribution in [0.5, 0.6) is 11.5 Å². The van der Waals surface area contributed by atoms with Crippen molar-refractivity contribution in [3.63, 3.8) is 0 Å². The Balaban J connectivity index is 1.70. The van der Waals surface area contributed by atoms with Gasteiger partial charge in [-0.25, -0.2) is 4.79 Å². The van der Waals surface area contributed by atoms with Crippen LogP contribution in [0.1, 0.15) is 59.9 Å². The Hall–Kier alpha value is -3.66. The summed E-state index contributed by atoms with van der Waals surface area (Å²) in [6, 6.07) is 12.0. The number of carbonyl (C=O) groups excluding carboxylic acids is 2. The van der Waals surface area contributed by atoms with Gasteiger partial charge in [-0.1, -0.05) is 36.4 Å². The predicted octanol–water partition coefficient (Wildman–Crippen LogP) is 4.91. The van der Waals surface area contributed by atoms with Gasteiger partial charge in [0.1, 0.15) is 23.7 Å². The number of benzene rings is 2. The number of carbonyl (C=O) groups is 2. The van der Waals surface area contributed by atoms with E-state index >= 15 is 0 Å². The third kappa shape index (κ3) is 7.29. The summed E-state index contributed by atoms with van der Waals surface area (Å²) >= 11 is 0. The Labute approximate surface area is 235 Å². The van der Waals surface area contributed by atoms with Gasteiger partial charge in [0.25, 0.3) is 5.91 Å². The number of methoxy groups -OCH3 is 2. The maximum absolute atomic E-state index is 13.5. The van der Waals surface area contributed by atoms with Crippen LogP contribution in [0.25, 0.3) is 6.08 Å². The van der Waals surface area contributed by atoms with Crippen molar-refractivity contribution in [1.82, 2.24) is 5.32 Å². The standard InChI is InChI=1S/C31H37NO8/c1-20-11-9-15-24(38-30(34)21-12-7-6-8-13-21)28-25(39-31(2,3)40-28)16-10-14-22-17-23(36-5)18-26(37-19-35-4)27(22)29(33)32-20/h6-10,12-15,17-18,20,24-25,28H,11,16,19H2,1-5H3,(H,32,33)/t20?,24?,25-,28?/m0/s1. The van der Waals surface area contributed by atoms with E-state index in [4.69, 9.17) is 28.4 Å². The van der Waals surface area contributed by atoms with Crippen molar-refractivity contribution >= 4 is 18.0 Å². The number of rotatable bonds is 6. The van der Waals surface area contributed by atoms with Gasteiger partial charge in [-0.05, 0) is 63.5 Å². The normalized spacial score (nSPS) is 24.3. The van der Waals surface area contributed by atoms with E-state index in [9.17, 15) is 9.59 Å². The van der Waals surface area contributed by atoms with E-state index in [0.717, 1.165) is 0 Å². The Bertz CT molecular complexity index is 1240. The first-order valence-electron chi connectivity index (χ1n) is 13.3. The largest absolute Gasteiger partial charge is 0.497 e. The summed E-state index contributed by atoms with van der Waals surface area (Å²) < 4.78 is 34.8. The third-order valence-electron chi connectivity index (χ3n) is 6.56. The van der Waals surface area contributed by atoms with Crippen LogP contribution in [0, 0.1) is 0 Å². The molecule has 214 valence electrons. The number of esters is 1. The van der Waals surface area contributed by atoms with Crippen molar-refractivity contribution in [2.75, 3.05) is 21.0 Å².